The molecule has 55 heavy (non-hydrogen) atoms. The minimum atomic E-state index is -0.176. The maximum atomic E-state index is 13.7. The summed E-state index contributed by atoms with van der Waals surface area (Å²) in [5.41, 5.74) is 5.73. The highest BCUT2D eigenvalue weighted by Crippen LogP contribution is 2.34. The van der Waals surface area contributed by atoms with Gasteiger partial charge in [0.15, 0.2) is 5.78 Å². The summed E-state index contributed by atoms with van der Waals surface area (Å²) in [6.07, 6.45) is 16.6. The number of aryl methyl sites for hydroxylation is 1. The lowest BCUT2D eigenvalue weighted by Gasteiger charge is -2.34. The van der Waals surface area contributed by atoms with Gasteiger partial charge in [0.25, 0.3) is 0 Å². The number of fused-ring (bicyclic) bond motifs is 1. The van der Waals surface area contributed by atoms with Gasteiger partial charge >= 0.3 is 6.03 Å². The van der Waals surface area contributed by atoms with E-state index in [1.54, 1.807) is 19.2 Å². The van der Waals surface area contributed by atoms with E-state index in [9.17, 15) is 19.2 Å². The molecule has 1 aliphatic carbocycles. The Morgan fingerprint density at radius 1 is 1.07 bits per heavy atom. The molecule has 4 unspecified atom stereocenters. The monoisotopic (exact) mass is 762 g/mol. The first-order chi connectivity index (χ1) is 26.7. The number of ether oxygens (including phenoxy) is 1. The van der Waals surface area contributed by atoms with E-state index < -0.39 is 0 Å². The van der Waals surface area contributed by atoms with Crippen LogP contribution in [0.2, 0.25) is 0 Å². The molecule has 4 aliphatic rings. The largest absolute Gasteiger partial charge is 0.375 e. The van der Waals surface area contributed by atoms with Crippen LogP contribution in [-0.4, -0.2) is 80.9 Å². The van der Waals surface area contributed by atoms with Gasteiger partial charge in [-0.2, -0.15) is 11.8 Å². The van der Waals surface area contributed by atoms with Gasteiger partial charge in [-0.1, -0.05) is 67.1 Å². The summed E-state index contributed by atoms with van der Waals surface area (Å²) in [5, 5.41) is 9.38. The van der Waals surface area contributed by atoms with E-state index in [1.165, 1.54) is 0 Å². The molecular weight excluding hydrogens is 713 g/mol. The van der Waals surface area contributed by atoms with E-state index in [0.29, 0.717) is 35.9 Å². The van der Waals surface area contributed by atoms with E-state index in [4.69, 9.17) is 4.74 Å². The van der Waals surface area contributed by atoms with Crippen molar-refractivity contribution in [2.24, 2.45) is 0 Å². The van der Waals surface area contributed by atoms with E-state index in [1.807, 2.05) is 96.2 Å². The molecular formula is C43H50N6O5S. The molecule has 2 aromatic carbocycles. The fourth-order valence-corrected chi connectivity index (χ4v) is 9.52. The maximum Gasteiger partial charge on any atom is 0.315 e. The number of piperidine rings is 1. The molecule has 288 valence electrons. The molecule has 3 aromatic rings. The maximum absolute atomic E-state index is 13.7. The third-order valence-corrected chi connectivity index (χ3v) is 12.7. The summed E-state index contributed by atoms with van der Waals surface area (Å²) in [6.45, 7) is 5.07. The topological polar surface area (TPSA) is 135 Å². The molecule has 6 atom stereocenters. The predicted octanol–water partition coefficient (Wildman–Crippen LogP) is 6.13. The summed E-state index contributed by atoms with van der Waals surface area (Å²) in [5.74, 6) is 0.898. The van der Waals surface area contributed by atoms with Crippen LogP contribution in [0.5, 0.6) is 0 Å². The number of nitrogens with zero attached hydrogens (tertiary/aromatic N) is 3. The minimum absolute atomic E-state index is 0.0000531. The molecule has 12 heteroatoms. The average molecular weight is 763 g/mol. The number of carbonyl (C=O) groups is 4. The highest BCUT2D eigenvalue weighted by atomic mass is 32.2. The van der Waals surface area contributed by atoms with E-state index in [0.717, 1.165) is 65.8 Å². The number of rotatable bonds is 14. The van der Waals surface area contributed by atoms with Gasteiger partial charge in [-0.15, -0.1) is 0 Å². The number of thioether (sulfide) groups is 1. The van der Waals surface area contributed by atoms with Gasteiger partial charge in [-0.25, -0.2) is 9.78 Å². The fourth-order valence-electron chi connectivity index (χ4n) is 7.97. The van der Waals surface area contributed by atoms with Crippen molar-refractivity contribution in [2.45, 2.75) is 94.4 Å². The fraction of sp³-hybridized carbons (Fsp3) is 0.419. The second-order valence-electron chi connectivity index (χ2n) is 14.9. The van der Waals surface area contributed by atoms with Crippen LogP contribution >= 0.6 is 11.8 Å². The van der Waals surface area contributed by atoms with Gasteiger partial charge in [0.2, 0.25) is 11.8 Å². The van der Waals surface area contributed by atoms with Crippen LogP contribution in [0.1, 0.15) is 90.3 Å². The van der Waals surface area contributed by atoms with Crippen molar-refractivity contribution in [1.82, 2.24) is 30.4 Å². The molecule has 3 aliphatic heterocycles. The first kappa shape index (κ1) is 38.3. The highest BCUT2D eigenvalue weighted by Gasteiger charge is 2.42. The lowest BCUT2D eigenvalue weighted by atomic mass is 9.94. The number of hydrogen-bond acceptors (Lipinski definition) is 7. The summed E-state index contributed by atoms with van der Waals surface area (Å²) >= 11 is 1.89. The van der Waals surface area contributed by atoms with Gasteiger partial charge < -0.3 is 30.2 Å². The zero-order valence-electron chi connectivity index (χ0n) is 31.7. The average Bonchev–Trinajstić information content (AvgIpc) is 3.91. The van der Waals surface area contributed by atoms with Crippen LogP contribution in [0.4, 0.5) is 4.79 Å². The molecule has 1 aromatic heterocycles. The molecule has 3 saturated heterocycles. The number of ketones is 1. The van der Waals surface area contributed by atoms with Crippen molar-refractivity contribution in [3.63, 3.8) is 0 Å². The number of unbranched alkanes of at least 4 members (excludes halogenated alkanes) is 1. The van der Waals surface area contributed by atoms with Crippen LogP contribution in [-0.2, 0) is 20.9 Å². The Kier molecular flexibility index (Phi) is 12.0. The molecule has 0 bridgehead atoms. The van der Waals surface area contributed by atoms with E-state index in [2.05, 4.69) is 33.1 Å². The molecule has 0 spiro atoms. The number of benzene rings is 2. The van der Waals surface area contributed by atoms with Gasteiger partial charge in [-0.3, -0.25) is 14.4 Å². The van der Waals surface area contributed by atoms with Crippen molar-refractivity contribution in [2.75, 3.05) is 19.4 Å². The number of imidazole rings is 1. The SMILES string of the molecule is COC1C=C(/C=C2\CCCN(C(C)c3ccc(C(=O)c4ccc(CNC(=O)CCCCC5SC[C@@H]6NC(=O)N[C@H]56)cc4)cc3)C2=O)C=CC1n1cnc(C)c1. The van der Waals surface area contributed by atoms with Crippen LogP contribution in [0.15, 0.2) is 96.5 Å². The number of amides is 4. The van der Waals surface area contributed by atoms with Crippen molar-refractivity contribution in [1.29, 1.82) is 0 Å². The number of likely N-dealkylation sites (tertiary alicyclic amines) is 1. The first-order valence-electron chi connectivity index (χ1n) is 19.3. The third kappa shape index (κ3) is 8.97. The normalized spacial score (nSPS) is 24.6. The van der Waals surface area contributed by atoms with Crippen LogP contribution in [0, 0.1) is 6.92 Å². The highest BCUT2D eigenvalue weighted by molar-refractivity contribution is 8.00. The third-order valence-electron chi connectivity index (χ3n) is 11.2. The molecule has 11 nitrogen and oxygen atoms in total. The number of hydrogen-bond donors (Lipinski definition) is 3. The quantitative estimate of drug-likeness (QED) is 0.0780. The number of methoxy groups -OCH3 is 1. The van der Waals surface area contributed by atoms with Crippen molar-refractivity contribution in [3.8, 4) is 0 Å². The van der Waals surface area contributed by atoms with Gasteiger partial charge in [0.05, 0.1) is 36.2 Å². The Bertz CT molecular complexity index is 1990. The van der Waals surface area contributed by atoms with E-state index in [-0.39, 0.29) is 53.9 Å². The molecule has 4 amide bonds. The zero-order chi connectivity index (χ0) is 38.5. The first-order valence-corrected chi connectivity index (χ1v) is 20.3. The second kappa shape index (κ2) is 17.2. The standard InChI is InChI=1S/C43H50N6O5S/c1-27-24-48(26-45-27)36-19-12-30(22-37(36)54-3)21-34-7-6-20-49(42(34)52)28(2)31-15-17-33(18-16-31)41(51)32-13-10-29(11-14-32)23-44-39(50)9-5-4-8-38-40-35(25-55-38)46-43(53)47-40/h10-19,21-22,24,26,28,35-38,40H,4-9,20,23,25H2,1-3H3,(H,44,50)(H2,46,47,53)/b34-21+/t28?,35-,36?,37?,38?,40-/m0/s1. The number of urea groups is 1. The second-order valence-corrected chi connectivity index (χ2v) is 16.2. The number of allylic oxidation sites excluding steroid dienone is 3. The molecule has 0 saturated carbocycles. The van der Waals surface area contributed by atoms with Crippen LogP contribution < -0.4 is 16.0 Å². The molecule has 7 rings (SSSR count). The number of aromatic nitrogens is 2. The zero-order valence-corrected chi connectivity index (χ0v) is 32.5. The van der Waals surface area contributed by atoms with Crippen molar-refractivity contribution in [3.05, 3.63) is 124 Å². The van der Waals surface area contributed by atoms with Crippen molar-refractivity contribution >= 4 is 35.4 Å². The summed E-state index contributed by atoms with van der Waals surface area (Å²) in [6, 6.07) is 15.1. The lowest BCUT2D eigenvalue weighted by molar-refractivity contribution is -0.130. The Hall–Kier alpha value is -4.94. The summed E-state index contributed by atoms with van der Waals surface area (Å²) < 4.78 is 7.84. The molecule has 3 fully saturated rings. The summed E-state index contributed by atoms with van der Waals surface area (Å²) in [4.78, 5) is 57.4. The van der Waals surface area contributed by atoms with Crippen LogP contribution in [0.3, 0.4) is 0 Å². The van der Waals surface area contributed by atoms with Crippen molar-refractivity contribution < 1.29 is 23.9 Å². The minimum Gasteiger partial charge on any atom is -0.375 e. The Morgan fingerprint density at radius 2 is 1.84 bits per heavy atom. The lowest BCUT2D eigenvalue weighted by Crippen LogP contribution is -2.38. The molecule has 4 heterocycles. The number of nitrogens with one attached hydrogen (secondary N) is 3. The number of carbonyl (C=O) groups excluding carboxylic acids is 4. The summed E-state index contributed by atoms with van der Waals surface area (Å²) in [7, 11) is 1.70. The molecule has 3 N–H and O–H groups in total. The predicted molar refractivity (Wildman–Crippen MR) is 214 cm³/mol. The Morgan fingerprint density at radius 3 is 2.56 bits per heavy atom. The molecule has 0 radical (unpaired) electrons. The Labute approximate surface area is 327 Å². The van der Waals surface area contributed by atoms with Crippen LogP contribution in [0.25, 0.3) is 0 Å². The van der Waals surface area contributed by atoms with E-state index >= 15 is 0 Å². The van der Waals surface area contributed by atoms with Gasteiger partial charge in [0, 0.05) is 60.5 Å². The Balaban J connectivity index is 0.877. The van der Waals surface area contributed by atoms with Gasteiger partial charge in [-0.05, 0) is 68.4 Å². The smallest absolute Gasteiger partial charge is 0.315 e. The van der Waals surface area contributed by atoms with Gasteiger partial charge in [0.1, 0.15) is 6.10 Å².